The number of methoxy groups -OCH3 is 1. The lowest BCUT2D eigenvalue weighted by Crippen LogP contribution is -2.49. The number of para-hydroxylation sites is 2. The van der Waals surface area contributed by atoms with Gasteiger partial charge in [-0.1, -0.05) is 12.1 Å². The number of anilines is 1. The normalized spacial score (nSPS) is 20.9. The number of pyridine rings is 1. The van der Waals surface area contributed by atoms with Crippen molar-refractivity contribution in [1.29, 1.82) is 0 Å². The number of carbonyl (C=O) groups is 1. The second-order valence-corrected chi connectivity index (χ2v) is 10.7. The quantitative estimate of drug-likeness (QED) is 0.361. The standard InChI is InChI=1S/C28H33N7O4/c1-32-16-19(26(37)38-3)12-20(24(32)36)21-14-30-33(2)25(21)39-11-10-34-15-18-8-9-28(13-18,17-34)35-23-7-5-4-6-22(23)31-27(35)29/h4-7,12,14,16,18H,8-11,13,15,17H2,1-3H3,(H2,29,31). The first kappa shape index (κ1) is 25.2. The van der Waals surface area contributed by atoms with E-state index in [-0.39, 0.29) is 16.7 Å². The Labute approximate surface area is 225 Å². The van der Waals surface area contributed by atoms with Crippen molar-refractivity contribution < 1.29 is 14.3 Å². The number of benzene rings is 1. The van der Waals surface area contributed by atoms with Crippen LogP contribution in [0.5, 0.6) is 5.88 Å². The molecule has 4 aromatic rings. The van der Waals surface area contributed by atoms with Gasteiger partial charge in [0.1, 0.15) is 6.61 Å². The highest BCUT2D eigenvalue weighted by Crippen LogP contribution is 2.47. The van der Waals surface area contributed by atoms with Crippen LogP contribution >= 0.6 is 0 Å². The van der Waals surface area contributed by atoms with Crippen molar-refractivity contribution in [3.8, 4) is 17.0 Å². The SMILES string of the molecule is COC(=O)c1cc(-c2cnn(C)c2OCCN2CC3CCC(n4c(N)nc5ccccc54)(C3)C2)c(=O)n(C)c1. The number of fused-ring (bicyclic) bond motifs is 3. The Kier molecular flexibility index (Phi) is 6.17. The lowest BCUT2D eigenvalue weighted by Gasteiger charge is -2.42. The summed E-state index contributed by atoms with van der Waals surface area (Å²) in [6, 6.07) is 9.68. The molecule has 1 saturated heterocycles. The first-order valence-electron chi connectivity index (χ1n) is 13.2. The van der Waals surface area contributed by atoms with Crippen molar-refractivity contribution in [2.75, 3.05) is 39.1 Å². The van der Waals surface area contributed by atoms with Gasteiger partial charge in [-0.2, -0.15) is 5.10 Å². The van der Waals surface area contributed by atoms with Crippen molar-refractivity contribution in [1.82, 2.24) is 28.8 Å². The van der Waals surface area contributed by atoms with Crippen LogP contribution in [0.25, 0.3) is 22.2 Å². The average molecular weight is 532 g/mol. The number of nitrogens with two attached hydrogens (primary N) is 1. The molecular weight excluding hydrogens is 498 g/mol. The summed E-state index contributed by atoms with van der Waals surface area (Å²) in [5.74, 6) is 1.13. The summed E-state index contributed by atoms with van der Waals surface area (Å²) in [5.41, 5.74) is 9.31. The molecule has 2 unspecified atom stereocenters. The zero-order valence-corrected chi connectivity index (χ0v) is 22.5. The number of aromatic nitrogens is 5. The zero-order chi connectivity index (χ0) is 27.3. The third-order valence-electron chi connectivity index (χ3n) is 8.21. The Bertz CT molecular complexity index is 1620. The summed E-state index contributed by atoms with van der Waals surface area (Å²) in [7, 11) is 4.69. The number of nitrogens with zero attached hydrogens (tertiary/aromatic N) is 6. The monoisotopic (exact) mass is 531 g/mol. The van der Waals surface area contributed by atoms with Gasteiger partial charge in [0, 0.05) is 39.9 Å². The molecule has 1 aliphatic carbocycles. The van der Waals surface area contributed by atoms with Gasteiger partial charge in [-0.3, -0.25) is 9.69 Å². The van der Waals surface area contributed by atoms with Gasteiger partial charge in [0.25, 0.3) is 5.56 Å². The zero-order valence-electron chi connectivity index (χ0n) is 22.5. The molecule has 6 rings (SSSR count). The third kappa shape index (κ3) is 4.26. The van der Waals surface area contributed by atoms with Gasteiger partial charge in [-0.25, -0.2) is 14.5 Å². The fraction of sp³-hybridized carbons (Fsp3) is 0.429. The molecule has 1 saturated carbocycles. The molecule has 1 aromatic carbocycles. The number of hydrogen-bond donors (Lipinski definition) is 1. The Morgan fingerprint density at radius 3 is 2.87 bits per heavy atom. The lowest BCUT2D eigenvalue weighted by molar-refractivity contribution is 0.0599. The minimum absolute atomic E-state index is 0.0820. The maximum Gasteiger partial charge on any atom is 0.339 e. The topological polar surface area (TPSA) is 122 Å². The van der Waals surface area contributed by atoms with E-state index < -0.39 is 5.97 Å². The lowest BCUT2D eigenvalue weighted by atomic mass is 9.90. The second kappa shape index (κ2) is 9.57. The van der Waals surface area contributed by atoms with E-state index in [1.165, 1.54) is 23.9 Å². The smallest absolute Gasteiger partial charge is 0.339 e. The molecule has 11 heteroatoms. The molecule has 2 fully saturated rings. The molecule has 0 spiro atoms. The predicted molar refractivity (Wildman–Crippen MR) is 147 cm³/mol. The molecule has 2 bridgehead atoms. The van der Waals surface area contributed by atoms with Gasteiger partial charge in [0.15, 0.2) is 0 Å². The molecule has 0 radical (unpaired) electrons. The van der Waals surface area contributed by atoms with Gasteiger partial charge >= 0.3 is 5.97 Å². The molecule has 11 nitrogen and oxygen atoms in total. The Morgan fingerprint density at radius 1 is 1.23 bits per heavy atom. The van der Waals surface area contributed by atoms with Crippen molar-refractivity contribution in [3.05, 3.63) is 58.6 Å². The number of ether oxygens (including phenoxy) is 2. The van der Waals surface area contributed by atoms with E-state index in [9.17, 15) is 9.59 Å². The molecule has 2 N–H and O–H groups in total. The van der Waals surface area contributed by atoms with Gasteiger partial charge in [-0.05, 0) is 43.4 Å². The highest BCUT2D eigenvalue weighted by molar-refractivity contribution is 5.90. The molecule has 2 aliphatic rings. The maximum atomic E-state index is 13.0. The van der Waals surface area contributed by atoms with E-state index in [4.69, 9.17) is 15.2 Å². The molecule has 4 heterocycles. The van der Waals surface area contributed by atoms with Crippen LogP contribution < -0.4 is 16.0 Å². The molecule has 39 heavy (non-hydrogen) atoms. The van der Waals surface area contributed by atoms with Crippen LogP contribution in [0, 0.1) is 5.92 Å². The van der Waals surface area contributed by atoms with E-state index >= 15 is 0 Å². The third-order valence-corrected chi connectivity index (χ3v) is 8.21. The van der Waals surface area contributed by atoms with Crippen LogP contribution in [0.3, 0.4) is 0 Å². The largest absolute Gasteiger partial charge is 0.476 e. The van der Waals surface area contributed by atoms with Crippen molar-refractivity contribution >= 4 is 23.0 Å². The van der Waals surface area contributed by atoms with Crippen LogP contribution in [0.2, 0.25) is 0 Å². The number of aryl methyl sites for hydroxylation is 2. The van der Waals surface area contributed by atoms with E-state index in [1.807, 2.05) is 18.2 Å². The van der Waals surface area contributed by atoms with Crippen molar-refractivity contribution in [3.63, 3.8) is 0 Å². The number of rotatable bonds is 7. The maximum absolute atomic E-state index is 13.0. The average Bonchev–Trinajstić information content (AvgIpc) is 3.57. The summed E-state index contributed by atoms with van der Waals surface area (Å²) in [4.78, 5) is 32.2. The first-order valence-corrected chi connectivity index (χ1v) is 13.2. The van der Waals surface area contributed by atoms with Gasteiger partial charge in [0.05, 0.1) is 46.6 Å². The molecular formula is C28H33N7O4. The Hall–Kier alpha value is -4.12. The molecule has 0 amide bonds. The van der Waals surface area contributed by atoms with E-state index in [0.29, 0.717) is 35.5 Å². The molecule has 1 aliphatic heterocycles. The van der Waals surface area contributed by atoms with Crippen LogP contribution in [0.1, 0.15) is 29.6 Å². The van der Waals surface area contributed by atoms with E-state index in [2.05, 4.69) is 25.6 Å². The fourth-order valence-electron chi connectivity index (χ4n) is 6.53. The number of imidazole rings is 1. The number of esters is 1. The van der Waals surface area contributed by atoms with Crippen LogP contribution in [-0.2, 0) is 24.4 Å². The summed E-state index contributed by atoms with van der Waals surface area (Å²) in [6.07, 6.45) is 6.39. The number of carbonyl (C=O) groups excluding carboxylic acids is 1. The van der Waals surface area contributed by atoms with Gasteiger partial charge in [-0.15, -0.1) is 0 Å². The molecule has 3 aromatic heterocycles. The Morgan fingerprint density at radius 2 is 2.05 bits per heavy atom. The Balaban J connectivity index is 1.22. The highest BCUT2D eigenvalue weighted by Gasteiger charge is 2.47. The van der Waals surface area contributed by atoms with E-state index in [0.717, 1.165) is 49.9 Å². The number of nitrogen functional groups attached to an aromatic ring is 1. The fourth-order valence-corrected chi connectivity index (χ4v) is 6.53. The van der Waals surface area contributed by atoms with Crippen LogP contribution in [0.15, 0.2) is 47.5 Å². The first-order chi connectivity index (χ1) is 18.8. The van der Waals surface area contributed by atoms with Crippen LogP contribution in [-0.4, -0.2) is 68.1 Å². The van der Waals surface area contributed by atoms with E-state index in [1.54, 1.807) is 25.0 Å². The second-order valence-electron chi connectivity index (χ2n) is 10.7. The minimum Gasteiger partial charge on any atom is -0.476 e. The molecule has 2 atom stereocenters. The predicted octanol–water partition coefficient (Wildman–Crippen LogP) is 2.39. The van der Waals surface area contributed by atoms with Crippen molar-refractivity contribution in [2.24, 2.45) is 20.0 Å². The van der Waals surface area contributed by atoms with Gasteiger partial charge < -0.3 is 24.3 Å². The van der Waals surface area contributed by atoms with Gasteiger partial charge in [0.2, 0.25) is 11.8 Å². The highest BCUT2D eigenvalue weighted by atomic mass is 16.5. The minimum atomic E-state index is -0.516. The molecule has 204 valence electrons. The number of likely N-dealkylation sites (tertiary alicyclic amines) is 1. The number of piperidine rings is 1. The number of hydrogen-bond acceptors (Lipinski definition) is 8. The summed E-state index contributed by atoms with van der Waals surface area (Å²) < 4.78 is 16.3. The summed E-state index contributed by atoms with van der Waals surface area (Å²) in [5, 5.41) is 4.33. The van der Waals surface area contributed by atoms with Crippen molar-refractivity contribution in [2.45, 2.75) is 24.8 Å². The summed E-state index contributed by atoms with van der Waals surface area (Å²) in [6.45, 7) is 3.02. The summed E-state index contributed by atoms with van der Waals surface area (Å²) >= 11 is 0. The van der Waals surface area contributed by atoms with Crippen LogP contribution in [0.4, 0.5) is 5.95 Å².